The number of nitrogens with zero attached hydrogens (tertiary/aromatic N) is 1. The highest BCUT2D eigenvalue weighted by Crippen LogP contribution is 2.07. The Morgan fingerprint density at radius 1 is 1.31 bits per heavy atom. The average molecular weight is 223 g/mol. The fourth-order valence-corrected chi connectivity index (χ4v) is 1.05. The fourth-order valence-electron chi connectivity index (χ4n) is 1.05. The summed E-state index contributed by atoms with van der Waals surface area (Å²) in [4.78, 5) is 25.7. The lowest BCUT2D eigenvalue weighted by molar-refractivity contribution is 0.0954. The SMILES string of the molecule is NC(=O)NCCNC(=O)c1cnccc1N. The van der Waals surface area contributed by atoms with Gasteiger partial charge in [0, 0.05) is 31.2 Å². The molecule has 7 heteroatoms. The number of carbonyl (C=O) groups is 2. The van der Waals surface area contributed by atoms with Crippen LogP contribution in [0.1, 0.15) is 10.4 Å². The van der Waals surface area contributed by atoms with E-state index in [0.29, 0.717) is 11.3 Å². The Bertz CT molecular complexity index is 393. The maximum atomic E-state index is 11.5. The third-order valence-electron chi connectivity index (χ3n) is 1.81. The minimum Gasteiger partial charge on any atom is -0.398 e. The highest BCUT2D eigenvalue weighted by Gasteiger charge is 2.08. The Morgan fingerprint density at radius 3 is 2.62 bits per heavy atom. The number of amides is 3. The Labute approximate surface area is 92.2 Å². The molecule has 0 saturated carbocycles. The van der Waals surface area contributed by atoms with E-state index in [1.807, 2.05) is 0 Å². The van der Waals surface area contributed by atoms with Crippen molar-refractivity contribution < 1.29 is 9.59 Å². The van der Waals surface area contributed by atoms with Crippen molar-refractivity contribution in [2.45, 2.75) is 0 Å². The van der Waals surface area contributed by atoms with Crippen LogP contribution in [0.5, 0.6) is 0 Å². The predicted octanol–water partition coefficient (Wildman–Crippen LogP) is -0.938. The third-order valence-corrected chi connectivity index (χ3v) is 1.81. The monoisotopic (exact) mass is 223 g/mol. The van der Waals surface area contributed by atoms with Crippen LogP contribution in [0.2, 0.25) is 0 Å². The van der Waals surface area contributed by atoms with Crippen LogP contribution < -0.4 is 22.1 Å². The molecule has 0 unspecified atom stereocenters. The van der Waals surface area contributed by atoms with Crippen molar-refractivity contribution in [2.24, 2.45) is 5.73 Å². The molecule has 7 nitrogen and oxygen atoms in total. The molecule has 0 aliphatic heterocycles. The van der Waals surface area contributed by atoms with E-state index in [1.165, 1.54) is 18.5 Å². The Hall–Kier alpha value is -2.31. The van der Waals surface area contributed by atoms with Crippen molar-refractivity contribution in [3.8, 4) is 0 Å². The number of carbonyl (C=O) groups excluding carboxylic acids is 2. The molecular weight excluding hydrogens is 210 g/mol. The van der Waals surface area contributed by atoms with Gasteiger partial charge in [-0.15, -0.1) is 0 Å². The predicted molar refractivity (Wildman–Crippen MR) is 58.6 cm³/mol. The second kappa shape index (κ2) is 5.54. The van der Waals surface area contributed by atoms with E-state index >= 15 is 0 Å². The molecule has 0 fully saturated rings. The summed E-state index contributed by atoms with van der Waals surface area (Å²) in [5.41, 5.74) is 11.1. The highest BCUT2D eigenvalue weighted by molar-refractivity contribution is 5.98. The van der Waals surface area contributed by atoms with E-state index < -0.39 is 6.03 Å². The van der Waals surface area contributed by atoms with Gasteiger partial charge < -0.3 is 22.1 Å². The number of rotatable bonds is 4. The number of anilines is 1. The van der Waals surface area contributed by atoms with Crippen LogP contribution in [0.4, 0.5) is 10.5 Å². The van der Waals surface area contributed by atoms with Gasteiger partial charge in [0.2, 0.25) is 0 Å². The second-order valence-corrected chi connectivity index (χ2v) is 3.01. The molecule has 86 valence electrons. The van der Waals surface area contributed by atoms with Crippen LogP contribution in [-0.2, 0) is 0 Å². The smallest absolute Gasteiger partial charge is 0.312 e. The standard InChI is InChI=1S/C9H13N5O2/c10-7-1-2-12-5-6(7)8(15)13-3-4-14-9(11)16/h1-2,5H,3-4H2,(H2,10,12)(H,13,15)(H3,11,14,16). The van der Waals surface area contributed by atoms with Crippen LogP contribution in [-0.4, -0.2) is 30.0 Å². The molecular formula is C9H13N5O2. The van der Waals surface area contributed by atoms with E-state index in [0.717, 1.165) is 0 Å². The zero-order valence-electron chi connectivity index (χ0n) is 8.56. The number of aromatic nitrogens is 1. The summed E-state index contributed by atoms with van der Waals surface area (Å²) in [7, 11) is 0. The van der Waals surface area contributed by atoms with Gasteiger partial charge in [-0.1, -0.05) is 0 Å². The minimum atomic E-state index is -0.629. The van der Waals surface area contributed by atoms with E-state index in [-0.39, 0.29) is 19.0 Å². The lowest BCUT2D eigenvalue weighted by Gasteiger charge is -2.06. The summed E-state index contributed by atoms with van der Waals surface area (Å²) in [5, 5.41) is 4.91. The van der Waals surface area contributed by atoms with Crippen molar-refractivity contribution in [3.05, 3.63) is 24.0 Å². The topological polar surface area (TPSA) is 123 Å². The molecule has 16 heavy (non-hydrogen) atoms. The number of urea groups is 1. The maximum Gasteiger partial charge on any atom is 0.312 e. The van der Waals surface area contributed by atoms with Gasteiger partial charge in [-0.05, 0) is 6.07 Å². The third kappa shape index (κ3) is 3.45. The van der Waals surface area contributed by atoms with Crippen LogP contribution >= 0.6 is 0 Å². The summed E-state index contributed by atoms with van der Waals surface area (Å²) in [6, 6.07) is 0.909. The molecule has 1 aromatic heterocycles. The number of pyridine rings is 1. The first-order chi connectivity index (χ1) is 7.61. The number of nitrogens with two attached hydrogens (primary N) is 2. The summed E-state index contributed by atoms with van der Waals surface area (Å²) in [6.45, 7) is 0.539. The van der Waals surface area contributed by atoms with E-state index in [1.54, 1.807) is 0 Å². The van der Waals surface area contributed by atoms with Crippen LogP contribution in [0.25, 0.3) is 0 Å². The summed E-state index contributed by atoms with van der Waals surface area (Å²) < 4.78 is 0. The summed E-state index contributed by atoms with van der Waals surface area (Å²) >= 11 is 0. The van der Waals surface area contributed by atoms with Crippen LogP contribution in [0.3, 0.4) is 0 Å². The van der Waals surface area contributed by atoms with Crippen LogP contribution in [0, 0.1) is 0 Å². The first kappa shape index (κ1) is 11.8. The quantitative estimate of drug-likeness (QED) is 0.492. The lowest BCUT2D eigenvalue weighted by atomic mass is 10.2. The van der Waals surface area contributed by atoms with E-state index in [9.17, 15) is 9.59 Å². The van der Waals surface area contributed by atoms with E-state index in [2.05, 4.69) is 15.6 Å². The van der Waals surface area contributed by atoms with Crippen molar-refractivity contribution in [1.82, 2.24) is 15.6 Å². The van der Waals surface area contributed by atoms with Gasteiger partial charge in [0.1, 0.15) is 0 Å². The van der Waals surface area contributed by atoms with Crippen molar-refractivity contribution in [3.63, 3.8) is 0 Å². The largest absolute Gasteiger partial charge is 0.398 e. The zero-order valence-corrected chi connectivity index (χ0v) is 8.56. The zero-order chi connectivity index (χ0) is 12.0. The molecule has 0 atom stereocenters. The molecule has 0 spiro atoms. The van der Waals surface area contributed by atoms with Crippen molar-refractivity contribution in [2.75, 3.05) is 18.8 Å². The second-order valence-electron chi connectivity index (χ2n) is 3.01. The van der Waals surface area contributed by atoms with Crippen molar-refractivity contribution >= 4 is 17.6 Å². The van der Waals surface area contributed by atoms with Gasteiger partial charge in [0.25, 0.3) is 5.91 Å². The first-order valence-electron chi connectivity index (χ1n) is 4.62. The van der Waals surface area contributed by atoms with E-state index in [4.69, 9.17) is 11.5 Å². The summed E-state index contributed by atoms with van der Waals surface area (Å²) in [5.74, 6) is -0.336. The molecule has 1 heterocycles. The maximum absolute atomic E-state index is 11.5. The highest BCUT2D eigenvalue weighted by atomic mass is 16.2. The number of nitrogen functional groups attached to an aromatic ring is 1. The van der Waals surface area contributed by atoms with Gasteiger partial charge in [0.05, 0.1) is 5.56 Å². The molecule has 1 rings (SSSR count). The Balaban J connectivity index is 2.41. The normalized spacial score (nSPS) is 9.50. The van der Waals surface area contributed by atoms with Gasteiger partial charge >= 0.3 is 6.03 Å². The van der Waals surface area contributed by atoms with Gasteiger partial charge in [-0.3, -0.25) is 9.78 Å². The fraction of sp³-hybridized carbons (Fsp3) is 0.222. The first-order valence-corrected chi connectivity index (χ1v) is 4.62. The molecule has 0 saturated heterocycles. The summed E-state index contributed by atoms with van der Waals surface area (Å²) in [6.07, 6.45) is 2.88. The number of primary amides is 1. The minimum absolute atomic E-state index is 0.265. The molecule has 0 aliphatic rings. The van der Waals surface area contributed by atoms with Crippen LogP contribution in [0.15, 0.2) is 18.5 Å². The molecule has 6 N–H and O–H groups in total. The number of hydrogen-bond donors (Lipinski definition) is 4. The van der Waals surface area contributed by atoms with Gasteiger partial charge in [-0.2, -0.15) is 0 Å². The molecule has 1 aromatic rings. The molecule has 0 aliphatic carbocycles. The lowest BCUT2D eigenvalue weighted by Crippen LogP contribution is -2.37. The molecule has 0 bridgehead atoms. The van der Waals surface area contributed by atoms with Crippen molar-refractivity contribution in [1.29, 1.82) is 0 Å². The molecule has 0 aromatic carbocycles. The number of hydrogen-bond acceptors (Lipinski definition) is 4. The Morgan fingerprint density at radius 2 is 2.00 bits per heavy atom. The van der Waals surface area contributed by atoms with Gasteiger partial charge in [0.15, 0.2) is 0 Å². The van der Waals surface area contributed by atoms with Gasteiger partial charge in [-0.25, -0.2) is 4.79 Å². The Kier molecular flexibility index (Phi) is 4.07. The molecule has 3 amide bonds. The number of nitrogens with one attached hydrogen (secondary N) is 2. The molecule has 0 radical (unpaired) electrons. The average Bonchev–Trinajstić information content (AvgIpc) is 2.24.